The minimum Gasteiger partial charge on any atom is -0.507 e. The number of carbonyl (C=O) groups excluding carboxylic acids is 1. The number of benzene rings is 2. The summed E-state index contributed by atoms with van der Waals surface area (Å²) in [7, 11) is 1.55. The number of carbonyl (C=O) groups is 1. The Morgan fingerprint density at radius 2 is 2.11 bits per heavy atom. The zero-order valence-electron chi connectivity index (χ0n) is 15.4. The smallest absolute Gasteiger partial charge is 0.275 e. The number of methoxy groups -OCH3 is 1. The lowest BCUT2D eigenvalue weighted by atomic mass is 10.2. The first-order valence-corrected chi connectivity index (χ1v) is 9.28. The van der Waals surface area contributed by atoms with Gasteiger partial charge in [0.2, 0.25) is 0 Å². The molecule has 2 aromatic carbocycles. The van der Waals surface area contributed by atoms with Crippen molar-refractivity contribution in [2.75, 3.05) is 7.11 Å². The van der Waals surface area contributed by atoms with Gasteiger partial charge in [-0.3, -0.25) is 4.79 Å². The summed E-state index contributed by atoms with van der Waals surface area (Å²) in [6.07, 6.45) is 1.48. The standard InChI is InChI=1S/C20H19N3O4S/c1-13-22-15(12-28-13)11-27-18-8-7-14(9-19(18)26-2)10-21-23-20(25)16-5-3-4-6-17(16)24/h3-10,12,24H,11H2,1-2H3,(H,23,25)/b21-10+. The number of ether oxygens (including phenoxy) is 2. The van der Waals surface area contributed by atoms with E-state index in [-0.39, 0.29) is 11.3 Å². The van der Waals surface area contributed by atoms with Crippen LogP contribution in [0.1, 0.15) is 26.6 Å². The zero-order valence-corrected chi connectivity index (χ0v) is 16.2. The molecule has 0 saturated carbocycles. The number of nitrogens with zero attached hydrogens (tertiary/aromatic N) is 2. The van der Waals surface area contributed by atoms with Crippen LogP contribution in [-0.2, 0) is 6.61 Å². The van der Waals surface area contributed by atoms with E-state index in [0.717, 1.165) is 10.7 Å². The van der Waals surface area contributed by atoms with Gasteiger partial charge in [0, 0.05) is 5.38 Å². The highest BCUT2D eigenvalue weighted by atomic mass is 32.1. The number of hydrogen-bond acceptors (Lipinski definition) is 7. The van der Waals surface area contributed by atoms with Gasteiger partial charge < -0.3 is 14.6 Å². The van der Waals surface area contributed by atoms with Gasteiger partial charge >= 0.3 is 0 Å². The Morgan fingerprint density at radius 3 is 2.82 bits per heavy atom. The predicted molar refractivity (Wildman–Crippen MR) is 107 cm³/mol. The summed E-state index contributed by atoms with van der Waals surface area (Å²) in [5.41, 5.74) is 4.11. The maximum Gasteiger partial charge on any atom is 0.275 e. The van der Waals surface area contributed by atoms with Gasteiger partial charge in [-0.2, -0.15) is 5.10 Å². The molecule has 0 fully saturated rings. The molecule has 0 atom stereocenters. The molecule has 3 aromatic rings. The fraction of sp³-hybridized carbons (Fsp3) is 0.150. The average Bonchev–Trinajstić information content (AvgIpc) is 3.12. The summed E-state index contributed by atoms with van der Waals surface area (Å²) in [5, 5.41) is 16.5. The van der Waals surface area contributed by atoms with Gasteiger partial charge in [-0.15, -0.1) is 11.3 Å². The second-order valence-electron chi connectivity index (χ2n) is 5.77. The third-order valence-electron chi connectivity index (χ3n) is 3.76. The number of aromatic nitrogens is 1. The SMILES string of the molecule is COc1cc(/C=N/NC(=O)c2ccccc2O)ccc1OCc1csc(C)n1. The van der Waals surface area contributed by atoms with Crippen molar-refractivity contribution in [2.45, 2.75) is 13.5 Å². The maximum atomic E-state index is 12.0. The van der Waals surface area contributed by atoms with Crippen molar-refractivity contribution in [3.05, 3.63) is 69.7 Å². The Bertz CT molecular complexity index is 1000. The Hall–Kier alpha value is -3.39. The maximum absolute atomic E-state index is 12.0. The summed E-state index contributed by atoms with van der Waals surface area (Å²) in [6.45, 7) is 2.30. The van der Waals surface area contributed by atoms with Crippen molar-refractivity contribution in [3.63, 3.8) is 0 Å². The summed E-state index contributed by atoms with van der Waals surface area (Å²) in [4.78, 5) is 16.4. The molecule has 1 amide bonds. The van der Waals surface area contributed by atoms with Gasteiger partial charge in [-0.05, 0) is 42.8 Å². The first-order chi connectivity index (χ1) is 13.6. The van der Waals surface area contributed by atoms with Crippen LogP contribution in [0, 0.1) is 6.92 Å². The number of para-hydroxylation sites is 1. The molecule has 0 bridgehead atoms. The van der Waals surface area contributed by atoms with Crippen LogP contribution in [0.25, 0.3) is 0 Å². The van der Waals surface area contributed by atoms with Gasteiger partial charge in [0.1, 0.15) is 12.4 Å². The molecular formula is C20H19N3O4S. The number of phenolic OH excluding ortho intramolecular Hbond substituents is 1. The normalized spacial score (nSPS) is 10.8. The number of hydrogen-bond donors (Lipinski definition) is 2. The van der Waals surface area contributed by atoms with E-state index in [2.05, 4.69) is 15.5 Å². The average molecular weight is 397 g/mol. The Balaban J connectivity index is 1.63. The number of rotatable bonds is 7. The molecule has 0 radical (unpaired) electrons. The van der Waals surface area contributed by atoms with E-state index >= 15 is 0 Å². The molecule has 0 saturated heterocycles. The number of aryl methyl sites for hydroxylation is 1. The molecule has 0 aliphatic rings. The van der Waals surface area contributed by atoms with E-state index in [1.165, 1.54) is 18.3 Å². The van der Waals surface area contributed by atoms with Crippen LogP contribution in [0.15, 0.2) is 52.9 Å². The number of hydrazone groups is 1. The lowest BCUT2D eigenvalue weighted by Gasteiger charge is -2.10. The molecule has 0 unspecified atom stereocenters. The van der Waals surface area contributed by atoms with Crippen LogP contribution in [-0.4, -0.2) is 29.3 Å². The number of phenols is 1. The first-order valence-electron chi connectivity index (χ1n) is 8.40. The van der Waals surface area contributed by atoms with E-state index in [1.807, 2.05) is 12.3 Å². The Labute approximate surface area is 166 Å². The van der Waals surface area contributed by atoms with E-state index in [1.54, 1.807) is 48.8 Å². The minimum absolute atomic E-state index is 0.103. The highest BCUT2D eigenvalue weighted by Gasteiger charge is 2.09. The highest BCUT2D eigenvalue weighted by Crippen LogP contribution is 2.28. The molecule has 144 valence electrons. The van der Waals surface area contributed by atoms with Gasteiger partial charge in [-0.25, -0.2) is 10.4 Å². The van der Waals surface area contributed by atoms with Crippen LogP contribution in [0.3, 0.4) is 0 Å². The molecule has 28 heavy (non-hydrogen) atoms. The molecular weight excluding hydrogens is 378 g/mol. The van der Waals surface area contributed by atoms with Crippen molar-refractivity contribution in [3.8, 4) is 17.2 Å². The first kappa shape index (κ1) is 19.4. The molecule has 1 heterocycles. The van der Waals surface area contributed by atoms with Gasteiger partial charge in [0.25, 0.3) is 5.91 Å². The van der Waals surface area contributed by atoms with Crippen molar-refractivity contribution < 1.29 is 19.4 Å². The van der Waals surface area contributed by atoms with Crippen LogP contribution in [0.4, 0.5) is 0 Å². The van der Waals surface area contributed by atoms with Crippen LogP contribution >= 0.6 is 11.3 Å². The molecule has 0 spiro atoms. The van der Waals surface area contributed by atoms with E-state index < -0.39 is 5.91 Å². The van der Waals surface area contributed by atoms with E-state index in [0.29, 0.717) is 23.7 Å². The lowest BCUT2D eigenvalue weighted by Crippen LogP contribution is -2.17. The van der Waals surface area contributed by atoms with Crippen LogP contribution in [0.2, 0.25) is 0 Å². The van der Waals surface area contributed by atoms with Crippen molar-refractivity contribution in [1.82, 2.24) is 10.4 Å². The third-order valence-corrected chi connectivity index (χ3v) is 4.58. The predicted octanol–water partition coefficient (Wildman–Crippen LogP) is 3.51. The fourth-order valence-corrected chi connectivity index (χ4v) is 3.00. The Kier molecular flexibility index (Phi) is 6.23. The molecule has 0 aliphatic heterocycles. The largest absolute Gasteiger partial charge is 0.507 e. The molecule has 8 heteroatoms. The molecule has 3 rings (SSSR count). The second kappa shape index (κ2) is 9.01. The summed E-state index contributed by atoms with van der Waals surface area (Å²) in [6, 6.07) is 11.6. The Morgan fingerprint density at radius 1 is 1.29 bits per heavy atom. The van der Waals surface area contributed by atoms with Crippen molar-refractivity contribution >= 4 is 23.5 Å². The molecule has 7 nitrogen and oxygen atoms in total. The minimum atomic E-state index is -0.500. The van der Waals surface area contributed by atoms with Gasteiger partial charge in [0.15, 0.2) is 11.5 Å². The van der Waals surface area contributed by atoms with Crippen LogP contribution < -0.4 is 14.9 Å². The summed E-state index contributed by atoms with van der Waals surface area (Å²) in [5.74, 6) is 0.528. The number of thiazole rings is 1. The van der Waals surface area contributed by atoms with Crippen LogP contribution in [0.5, 0.6) is 17.2 Å². The van der Waals surface area contributed by atoms with Gasteiger partial charge in [0.05, 0.1) is 29.6 Å². The fourth-order valence-electron chi connectivity index (χ4n) is 2.40. The number of nitrogens with one attached hydrogen (secondary N) is 1. The summed E-state index contributed by atoms with van der Waals surface area (Å²) >= 11 is 1.57. The molecule has 1 aromatic heterocycles. The van der Waals surface area contributed by atoms with Crippen molar-refractivity contribution in [2.24, 2.45) is 5.10 Å². The molecule has 0 aliphatic carbocycles. The zero-order chi connectivity index (χ0) is 19.9. The number of amides is 1. The highest BCUT2D eigenvalue weighted by molar-refractivity contribution is 7.09. The topological polar surface area (TPSA) is 93.0 Å². The van der Waals surface area contributed by atoms with Gasteiger partial charge in [-0.1, -0.05) is 12.1 Å². The monoisotopic (exact) mass is 397 g/mol. The van der Waals surface area contributed by atoms with Crippen molar-refractivity contribution in [1.29, 1.82) is 0 Å². The lowest BCUT2D eigenvalue weighted by molar-refractivity contribution is 0.0952. The number of aromatic hydroxyl groups is 1. The summed E-state index contributed by atoms with van der Waals surface area (Å²) < 4.78 is 11.1. The van der Waals surface area contributed by atoms with E-state index in [4.69, 9.17) is 9.47 Å². The molecule has 2 N–H and O–H groups in total. The third kappa shape index (κ3) is 4.86. The van der Waals surface area contributed by atoms with E-state index in [9.17, 15) is 9.90 Å². The quantitative estimate of drug-likeness (QED) is 0.470. The second-order valence-corrected chi connectivity index (χ2v) is 6.84.